The number of carbonyl (C=O) groups excluding carboxylic acids is 1. The molecule has 0 saturated carbocycles. The predicted molar refractivity (Wildman–Crippen MR) is 75.7 cm³/mol. The molecular formula is C14H26N2O4. The number of esters is 1. The summed E-state index contributed by atoms with van der Waals surface area (Å²) >= 11 is 0. The van der Waals surface area contributed by atoms with Gasteiger partial charge in [-0.25, -0.2) is 0 Å². The van der Waals surface area contributed by atoms with Crippen LogP contribution in [0.15, 0.2) is 12.4 Å². The third kappa shape index (κ3) is 5.79. The highest BCUT2D eigenvalue weighted by Crippen LogP contribution is 2.15. The molecule has 6 heteroatoms. The highest BCUT2D eigenvalue weighted by atomic mass is 16.6. The van der Waals surface area contributed by atoms with Gasteiger partial charge in [0.15, 0.2) is 0 Å². The van der Waals surface area contributed by atoms with E-state index in [4.69, 9.17) is 14.2 Å². The van der Waals surface area contributed by atoms with Gasteiger partial charge in [-0.05, 0) is 13.3 Å². The summed E-state index contributed by atoms with van der Waals surface area (Å²) in [6.07, 6.45) is 4.79. The number of hydrogen-bond acceptors (Lipinski definition) is 6. The molecule has 1 rings (SSSR count). The van der Waals surface area contributed by atoms with Crippen molar-refractivity contribution in [2.24, 2.45) is 0 Å². The van der Waals surface area contributed by atoms with Gasteiger partial charge in [-0.3, -0.25) is 4.79 Å². The van der Waals surface area contributed by atoms with Gasteiger partial charge in [0.2, 0.25) is 0 Å². The van der Waals surface area contributed by atoms with E-state index < -0.39 is 0 Å². The Morgan fingerprint density at radius 2 is 1.90 bits per heavy atom. The van der Waals surface area contributed by atoms with Crippen molar-refractivity contribution in [1.82, 2.24) is 9.80 Å². The van der Waals surface area contributed by atoms with Gasteiger partial charge in [-0.1, -0.05) is 6.92 Å². The Bertz CT molecular complexity index is 310. The van der Waals surface area contributed by atoms with Crippen LogP contribution in [-0.2, 0) is 19.0 Å². The SMILES string of the molecule is CCCN1C=CN(C)C1OC(=O)CCOCCOCC. The van der Waals surface area contributed by atoms with E-state index in [1.54, 1.807) is 0 Å². The van der Waals surface area contributed by atoms with E-state index in [1.807, 2.05) is 36.2 Å². The average molecular weight is 286 g/mol. The van der Waals surface area contributed by atoms with Gasteiger partial charge in [-0.2, -0.15) is 0 Å². The molecule has 20 heavy (non-hydrogen) atoms. The van der Waals surface area contributed by atoms with Crippen molar-refractivity contribution < 1.29 is 19.0 Å². The van der Waals surface area contributed by atoms with Crippen LogP contribution in [0.4, 0.5) is 0 Å². The summed E-state index contributed by atoms with van der Waals surface area (Å²) in [6.45, 7) is 7.01. The smallest absolute Gasteiger partial charge is 0.311 e. The molecule has 0 aromatic rings. The van der Waals surface area contributed by atoms with E-state index in [2.05, 4.69) is 6.92 Å². The van der Waals surface area contributed by atoms with Crippen LogP contribution in [0, 0.1) is 0 Å². The van der Waals surface area contributed by atoms with Gasteiger partial charge in [0, 0.05) is 32.6 Å². The Hall–Kier alpha value is -1.27. The highest BCUT2D eigenvalue weighted by molar-refractivity contribution is 5.69. The number of ether oxygens (including phenoxy) is 3. The number of rotatable bonds is 10. The molecule has 1 atom stereocenters. The Morgan fingerprint density at radius 1 is 1.15 bits per heavy atom. The van der Waals surface area contributed by atoms with Crippen LogP contribution >= 0.6 is 0 Å². The molecule has 0 aliphatic carbocycles. The molecule has 0 N–H and O–H groups in total. The summed E-state index contributed by atoms with van der Waals surface area (Å²) in [4.78, 5) is 15.7. The summed E-state index contributed by atoms with van der Waals surface area (Å²) in [5, 5.41) is 0. The first-order valence-electron chi connectivity index (χ1n) is 7.20. The van der Waals surface area contributed by atoms with E-state index in [0.29, 0.717) is 26.4 Å². The maximum Gasteiger partial charge on any atom is 0.311 e. The fourth-order valence-electron chi connectivity index (χ4n) is 1.86. The molecule has 0 fully saturated rings. The first kappa shape index (κ1) is 16.8. The van der Waals surface area contributed by atoms with Crippen molar-refractivity contribution in [3.63, 3.8) is 0 Å². The van der Waals surface area contributed by atoms with Crippen LogP contribution in [0.3, 0.4) is 0 Å². The van der Waals surface area contributed by atoms with Crippen LogP contribution in [-0.4, -0.2) is 62.1 Å². The van der Waals surface area contributed by atoms with Crippen molar-refractivity contribution >= 4 is 5.97 Å². The summed E-state index contributed by atoms with van der Waals surface area (Å²) in [5.41, 5.74) is 0. The first-order chi connectivity index (χ1) is 9.69. The van der Waals surface area contributed by atoms with E-state index in [0.717, 1.165) is 13.0 Å². The second-order valence-electron chi connectivity index (χ2n) is 4.58. The zero-order chi connectivity index (χ0) is 14.8. The lowest BCUT2D eigenvalue weighted by atomic mass is 10.4. The topological polar surface area (TPSA) is 51.2 Å². The Morgan fingerprint density at radius 3 is 2.60 bits per heavy atom. The summed E-state index contributed by atoms with van der Waals surface area (Å²) in [7, 11) is 1.89. The second kappa shape index (κ2) is 9.61. The maximum atomic E-state index is 11.8. The maximum absolute atomic E-state index is 11.8. The van der Waals surface area contributed by atoms with Crippen molar-refractivity contribution in [3.8, 4) is 0 Å². The van der Waals surface area contributed by atoms with E-state index in [9.17, 15) is 4.79 Å². The molecule has 116 valence electrons. The molecule has 0 aromatic carbocycles. The molecule has 0 saturated heterocycles. The normalized spacial score (nSPS) is 17.9. The Labute approximate surface area is 121 Å². The van der Waals surface area contributed by atoms with Crippen molar-refractivity contribution in [3.05, 3.63) is 12.4 Å². The van der Waals surface area contributed by atoms with E-state index in [-0.39, 0.29) is 18.7 Å². The van der Waals surface area contributed by atoms with Crippen LogP contribution in [0.2, 0.25) is 0 Å². The molecule has 0 aromatic heterocycles. The van der Waals surface area contributed by atoms with E-state index in [1.165, 1.54) is 0 Å². The monoisotopic (exact) mass is 286 g/mol. The standard InChI is InChI=1S/C14H26N2O4/c1-4-7-16-9-8-15(3)14(16)20-13(17)6-10-19-12-11-18-5-2/h8-9,14H,4-7,10-12H2,1-3H3. The molecule has 1 aliphatic rings. The second-order valence-corrected chi connectivity index (χ2v) is 4.58. The molecule has 1 heterocycles. The lowest BCUT2D eigenvalue weighted by Crippen LogP contribution is -2.40. The number of carbonyl (C=O) groups is 1. The molecule has 0 radical (unpaired) electrons. The quantitative estimate of drug-likeness (QED) is 0.447. The lowest BCUT2D eigenvalue weighted by molar-refractivity contribution is -0.168. The van der Waals surface area contributed by atoms with Crippen LogP contribution in [0.5, 0.6) is 0 Å². The average Bonchev–Trinajstić information content (AvgIpc) is 2.76. The molecule has 0 amide bonds. The van der Waals surface area contributed by atoms with Crippen LogP contribution in [0.1, 0.15) is 26.7 Å². The van der Waals surface area contributed by atoms with Gasteiger partial charge in [-0.15, -0.1) is 0 Å². The van der Waals surface area contributed by atoms with Crippen molar-refractivity contribution in [1.29, 1.82) is 0 Å². The lowest BCUT2D eigenvalue weighted by Gasteiger charge is -2.29. The zero-order valence-corrected chi connectivity index (χ0v) is 12.7. The fraction of sp³-hybridized carbons (Fsp3) is 0.786. The number of nitrogens with zero attached hydrogens (tertiary/aromatic N) is 2. The first-order valence-corrected chi connectivity index (χ1v) is 7.20. The minimum absolute atomic E-state index is 0.247. The molecular weight excluding hydrogens is 260 g/mol. The predicted octanol–water partition coefficient (Wildman–Crippen LogP) is 1.38. The zero-order valence-electron chi connectivity index (χ0n) is 12.7. The van der Waals surface area contributed by atoms with Crippen LogP contribution < -0.4 is 0 Å². The Kier molecular flexibility index (Phi) is 8.06. The van der Waals surface area contributed by atoms with Gasteiger partial charge < -0.3 is 24.0 Å². The van der Waals surface area contributed by atoms with Crippen molar-refractivity contribution in [2.45, 2.75) is 33.0 Å². The molecule has 1 aliphatic heterocycles. The minimum atomic E-state index is -0.328. The molecule has 0 spiro atoms. The minimum Gasteiger partial charge on any atom is -0.422 e. The van der Waals surface area contributed by atoms with Gasteiger partial charge in [0.25, 0.3) is 6.35 Å². The van der Waals surface area contributed by atoms with Gasteiger partial charge in [0.05, 0.1) is 26.2 Å². The Balaban J connectivity index is 2.17. The summed E-state index contributed by atoms with van der Waals surface area (Å²) < 4.78 is 15.9. The third-order valence-corrected chi connectivity index (χ3v) is 2.87. The molecule has 6 nitrogen and oxygen atoms in total. The molecule has 0 bridgehead atoms. The largest absolute Gasteiger partial charge is 0.422 e. The van der Waals surface area contributed by atoms with Crippen LogP contribution in [0.25, 0.3) is 0 Å². The van der Waals surface area contributed by atoms with Gasteiger partial charge in [0.1, 0.15) is 0 Å². The number of hydrogen-bond donors (Lipinski definition) is 0. The third-order valence-electron chi connectivity index (χ3n) is 2.87. The highest BCUT2D eigenvalue weighted by Gasteiger charge is 2.26. The van der Waals surface area contributed by atoms with Gasteiger partial charge >= 0.3 is 5.97 Å². The molecule has 1 unspecified atom stereocenters. The fourth-order valence-corrected chi connectivity index (χ4v) is 1.86. The van der Waals surface area contributed by atoms with E-state index >= 15 is 0 Å². The summed E-state index contributed by atoms with van der Waals surface area (Å²) in [5.74, 6) is -0.247. The summed E-state index contributed by atoms with van der Waals surface area (Å²) in [6, 6.07) is 0. The van der Waals surface area contributed by atoms with Crippen molar-refractivity contribution in [2.75, 3.05) is 40.0 Å².